The number of rotatable bonds is 12. The molecule has 0 aliphatic carbocycles. The Balaban J connectivity index is 2.07. The number of carbonyl (C=O) groups excluding carboxylic acids is 1. The molecule has 30 heavy (non-hydrogen) atoms. The molecule has 1 atom stereocenters. The molecule has 1 unspecified atom stereocenters. The number of carboxylic acid groups (broad SMARTS) is 1. The van der Waals surface area contributed by atoms with Crippen molar-refractivity contribution < 1.29 is 28.9 Å². The maximum absolute atomic E-state index is 12.7. The standard InChI is InChI=1S/C23H29NO6/c1-24(2)16-21(29-15-14-22(25)26)23(27)30-20-11-7-5-9-18(20)13-12-17-8-4-6-10-19(17)28-3/h4-11,21H,12-16H2,1-3H3,(H,25,26). The van der Waals surface area contributed by atoms with Crippen molar-refractivity contribution in [1.29, 1.82) is 0 Å². The van der Waals surface area contributed by atoms with E-state index in [4.69, 9.17) is 19.3 Å². The Labute approximate surface area is 177 Å². The highest BCUT2D eigenvalue weighted by molar-refractivity contribution is 5.78. The van der Waals surface area contributed by atoms with Crippen molar-refractivity contribution in [3.05, 3.63) is 59.7 Å². The SMILES string of the molecule is COc1ccccc1CCc1ccccc1OC(=O)C(CN(C)C)OCCC(=O)O. The smallest absolute Gasteiger partial charge is 0.342 e. The van der Waals surface area contributed by atoms with Crippen LogP contribution in [-0.4, -0.2) is 62.4 Å². The molecule has 0 aromatic heterocycles. The number of nitrogens with zero attached hydrogens (tertiary/aromatic N) is 1. The van der Waals surface area contributed by atoms with Crippen molar-refractivity contribution >= 4 is 11.9 Å². The number of carboxylic acids is 1. The van der Waals surface area contributed by atoms with Crippen molar-refractivity contribution in [3.8, 4) is 11.5 Å². The van der Waals surface area contributed by atoms with Gasteiger partial charge in [-0.2, -0.15) is 0 Å². The molecule has 0 radical (unpaired) electrons. The Morgan fingerprint density at radius 1 is 0.967 bits per heavy atom. The summed E-state index contributed by atoms with van der Waals surface area (Å²) in [5, 5.41) is 8.79. The summed E-state index contributed by atoms with van der Waals surface area (Å²) in [5.41, 5.74) is 1.97. The summed E-state index contributed by atoms with van der Waals surface area (Å²) in [5.74, 6) is -0.222. The molecule has 0 spiro atoms. The molecule has 0 amide bonds. The predicted molar refractivity (Wildman–Crippen MR) is 113 cm³/mol. The Hall–Kier alpha value is -2.90. The van der Waals surface area contributed by atoms with E-state index in [-0.39, 0.29) is 13.0 Å². The number of methoxy groups -OCH3 is 1. The van der Waals surface area contributed by atoms with Crippen LogP contribution in [0.3, 0.4) is 0 Å². The minimum atomic E-state index is -0.978. The number of hydrogen-bond donors (Lipinski definition) is 1. The summed E-state index contributed by atoms with van der Waals surface area (Å²) in [7, 11) is 5.26. The van der Waals surface area contributed by atoms with Crippen molar-refractivity contribution in [2.45, 2.75) is 25.4 Å². The number of para-hydroxylation sites is 2. The first kappa shape index (κ1) is 23.4. The fraction of sp³-hybridized carbons (Fsp3) is 0.391. The Kier molecular flexibility index (Phi) is 9.31. The lowest BCUT2D eigenvalue weighted by Crippen LogP contribution is -2.38. The summed E-state index contributed by atoms with van der Waals surface area (Å²) in [6.45, 7) is 0.236. The predicted octanol–water partition coefficient (Wildman–Crippen LogP) is 2.81. The molecule has 162 valence electrons. The Morgan fingerprint density at radius 2 is 1.53 bits per heavy atom. The van der Waals surface area contributed by atoms with Crippen LogP contribution in [-0.2, 0) is 27.2 Å². The fourth-order valence-corrected chi connectivity index (χ4v) is 2.98. The van der Waals surface area contributed by atoms with Gasteiger partial charge in [-0.1, -0.05) is 36.4 Å². The van der Waals surface area contributed by atoms with E-state index in [2.05, 4.69) is 0 Å². The van der Waals surface area contributed by atoms with Gasteiger partial charge in [0.25, 0.3) is 0 Å². The first-order valence-corrected chi connectivity index (χ1v) is 9.80. The van der Waals surface area contributed by atoms with E-state index in [9.17, 15) is 9.59 Å². The summed E-state index contributed by atoms with van der Waals surface area (Å²) in [6, 6.07) is 15.2. The van der Waals surface area contributed by atoms with Gasteiger partial charge < -0.3 is 24.2 Å². The van der Waals surface area contributed by atoms with Crippen LogP contribution < -0.4 is 9.47 Å². The largest absolute Gasteiger partial charge is 0.496 e. The van der Waals surface area contributed by atoms with Crippen LogP contribution in [0.15, 0.2) is 48.5 Å². The molecule has 7 heteroatoms. The zero-order valence-corrected chi connectivity index (χ0v) is 17.7. The zero-order valence-electron chi connectivity index (χ0n) is 17.7. The molecule has 2 aromatic carbocycles. The van der Waals surface area contributed by atoms with E-state index in [1.165, 1.54) is 0 Å². The van der Waals surface area contributed by atoms with Gasteiger partial charge in [-0.15, -0.1) is 0 Å². The molecule has 0 saturated heterocycles. The number of benzene rings is 2. The number of esters is 1. The van der Waals surface area contributed by atoms with Gasteiger partial charge in [0.15, 0.2) is 6.10 Å². The Morgan fingerprint density at radius 3 is 2.10 bits per heavy atom. The van der Waals surface area contributed by atoms with E-state index in [0.717, 1.165) is 23.3 Å². The molecular weight excluding hydrogens is 386 g/mol. The second-order valence-electron chi connectivity index (χ2n) is 7.11. The molecular formula is C23H29NO6. The molecule has 1 N–H and O–H groups in total. The van der Waals surface area contributed by atoms with Crippen LogP contribution in [0.5, 0.6) is 11.5 Å². The van der Waals surface area contributed by atoms with Gasteiger partial charge in [0, 0.05) is 6.54 Å². The van der Waals surface area contributed by atoms with Crippen LogP contribution in [0.2, 0.25) is 0 Å². The van der Waals surface area contributed by atoms with E-state index >= 15 is 0 Å². The lowest BCUT2D eigenvalue weighted by molar-refractivity contribution is -0.151. The lowest BCUT2D eigenvalue weighted by Gasteiger charge is -2.20. The molecule has 2 rings (SSSR count). The number of carbonyl (C=O) groups is 2. The van der Waals surface area contributed by atoms with Gasteiger partial charge in [-0.05, 0) is 50.2 Å². The van der Waals surface area contributed by atoms with Crippen LogP contribution in [0, 0.1) is 0 Å². The van der Waals surface area contributed by atoms with Gasteiger partial charge >= 0.3 is 11.9 Å². The molecule has 0 fully saturated rings. The summed E-state index contributed by atoms with van der Waals surface area (Å²) in [4.78, 5) is 25.2. The minimum absolute atomic E-state index is 0.0572. The topological polar surface area (TPSA) is 85.3 Å². The van der Waals surface area contributed by atoms with Crippen LogP contribution in [0.4, 0.5) is 0 Å². The Bertz CT molecular complexity index is 836. The number of aryl methyl sites for hydroxylation is 2. The molecule has 0 aliphatic rings. The second kappa shape index (κ2) is 11.9. The fourth-order valence-electron chi connectivity index (χ4n) is 2.98. The van der Waals surface area contributed by atoms with Crippen molar-refractivity contribution in [1.82, 2.24) is 4.90 Å². The average Bonchev–Trinajstić information content (AvgIpc) is 2.72. The second-order valence-corrected chi connectivity index (χ2v) is 7.11. The van der Waals surface area contributed by atoms with Gasteiger partial charge in [0.05, 0.1) is 20.1 Å². The number of ether oxygens (including phenoxy) is 3. The first-order valence-electron chi connectivity index (χ1n) is 9.80. The molecule has 0 saturated carbocycles. The van der Waals surface area contributed by atoms with Crippen LogP contribution >= 0.6 is 0 Å². The maximum Gasteiger partial charge on any atom is 0.342 e. The highest BCUT2D eigenvalue weighted by Crippen LogP contribution is 2.24. The van der Waals surface area contributed by atoms with Gasteiger partial charge in [0.1, 0.15) is 11.5 Å². The molecule has 0 heterocycles. The molecule has 2 aromatic rings. The highest BCUT2D eigenvalue weighted by atomic mass is 16.6. The van der Waals surface area contributed by atoms with Gasteiger partial charge in [-0.25, -0.2) is 4.79 Å². The van der Waals surface area contributed by atoms with E-state index in [0.29, 0.717) is 18.7 Å². The minimum Gasteiger partial charge on any atom is -0.496 e. The van der Waals surface area contributed by atoms with Crippen LogP contribution in [0.25, 0.3) is 0 Å². The van der Waals surface area contributed by atoms with Gasteiger partial charge in [-0.3, -0.25) is 4.79 Å². The number of aliphatic carboxylic acids is 1. The van der Waals surface area contributed by atoms with Crippen molar-refractivity contribution in [3.63, 3.8) is 0 Å². The third-order valence-corrected chi connectivity index (χ3v) is 4.47. The monoisotopic (exact) mass is 415 g/mol. The molecule has 0 aliphatic heterocycles. The number of hydrogen-bond acceptors (Lipinski definition) is 6. The summed E-state index contributed by atoms with van der Waals surface area (Å²) >= 11 is 0. The quantitative estimate of drug-likeness (QED) is 0.421. The normalized spacial score (nSPS) is 11.9. The molecule has 7 nitrogen and oxygen atoms in total. The summed E-state index contributed by atoms with van der Waals surface area (Å²) < 4.78 is 16.5. The lowest BCUT2D eigenvalue weighted by atomic mass is 10.0. The highest BCUT2D eigenvalue weighted by Gasteiger charge is 2.23. The maximum atomic E-state index is 12.7. The van der Waals surface area contributed by atoms with E-state index < -0.39 is 18.0 Å². The summed E-state index contributed by atoms with van der Waals surface area (Å²) in [6.07, 6.45) is 0.352. The van der Waals surface area contributed by atoms with E-state index in [1.807, 2.05) is 50.5 Å². The van der Waals surface area contributed by atoms with E-state index in [1.54, 1.807) is 24.1 Å². The van der Waals surface area contributed by atoms with Crippen molar-refractivity contribution in [2.75, 3.05) is 34.4 Å². The zero-order chi connectivity index (χ0) is 21.9. The number of likely N-dealkylation sites (N-methyl/N-ethyl adjacent to an activating group) is 1. The van der Waals surface area contributed by atoms with Crippen molar-refractivity contribution in [2.24, 2.45) is 0 Å². The third-order valence-electron chi connectivity index (χ3n) is 4.47. The average molecular weight is 415 g/mol. The first-order chi connectivity index (χ1) is 14.4. The van der Waals surface area contributed by atoms with Crippen LogP contribution in [0.1, 0.15) is 17.5 Å². The third kappa shape index (κ3) is 7.50. The van der Waals surface area contributed by atoms with Gasteiger partial charge in [0.2, 0.25) is 0 Å². The molecule has 0 bridgehead atoms.